The highest BCUT2D eigenvalue weighted by Gasteiger charge is 2.03. The molecule has 0 saturated heterocycles. The predicted molar refractivity (Wildman–Crippen MR) is 51.4 cm³/mol. The minimum atomic E-state index is -0.264. The van der Waals surface area contributed by atoms with E-state index < -0.39 is 0 Å². The molecule has 0 fully saturated rings. The molecule has 0 N–H and O–H groups in total. The van der Waals surface area contributed by atoms with Gasteiger partial charge in [0.05, 0.1) is 10.5 Å². The van der Waals surface area contributed by atoms with Crippen LogP contribution in [0.15, 0.2) is 24.4 Å². The lowest BCUT2D eigenvalue weighted by atomic mass is 10.1. The molecule has 0 radical (unpaired) electrons. The van der Waals surface area contributed by atoms with Crippen LogP contribution in [0.3, 0.4) is 0 Å². The molecule has 0 aliphatic heterocycles. The van der Waals surface area contributed by atoms with Gasteiger partial charge in [-0.1, -0.05) is 11.6 Å². The van der Waals surface area contributed by atoms with Crippen LogP contribution in [0.5, 0.6) is 0 Å². The van der Waals surface area contributed by atoms with Gasteiger partial charge < -0.3 is 0 Å². The van der Waals surface area contributed by atoms with Crippen LogP contribution in [0.25, 0.3) is 10.9 Å². The lowest BCUT2D eigenvalue weighted by molar-refractivity contribution is 0.629. The van der Waals surface area contributed by atoms with Crippen molar-refractivity contribution in [1.29, 1.82) is 0 Å². The van der Waals surface area contributed by atoms with E-state index in [0.29, 0.717) is 5.02 Å². The molecule has 66 valence electrons. The maximum Gasteiger partial charge on any atom is 0.123 e. The molecule has 0 aliphatic rings. The second kappa shape index (κ2) is 2.96. The average Bonchev–Trinajstić information content (AvgIpc) is 2.12. The van der Waals surface area contributed by atoms with Gasteiger partial charge in [0.1, 0.15) is 5.82 Å². The van der Waals surface area contributed by atoms with E-state index in [1.807, 2.05) is 6.92 Å². The van der Waals surface area contributed by atoms with Crippen molar-refractivity contribution < 1.29 is 4.39 Å². The Morgan fingerprint density at radius 3 is 2.92 bits per heavy atom. The third kappa shape index (κ3) is 1.38. The highest BCUT2D eigenvalue weighted by molar-refractivity contribution is 6.32. The van der Waals surface area contributed by atoms with Crippen molar-refractivity contribution in [3.8, 4) is 0 Å². The number of nitrogens with zero attached hydrogens (tertiary/aromatic N) is 1. The average molecular weight is 196 g/mol. The number of rotatable bonds is 0. The number of pyridine rings is 1. The SMILES string of the molecule is Cc1c(Cl)cnc2ccc(F)cc12. The van der Waals surface area contributed by atoms with Gasteiger partial charge in [-0.05, 0) is 30.7 Å². The van der Waals surface area contributed by atoms with Crippen LogP contribution in [0.2, 0.25) is 5.02 Å². The number of benzene rings is 1. The Hall–Kier alpha value is -1.15. The number of hydrogen-bond donors (Lipinski definition) is 0. The second-order valence-electron chi connectivity index (χ2n) is 2.89. The molecule has 0 amide bonds. The molecule has 0 unspecified atom stereocenters. The van der Waals surface area contributed by atoms with E-state index >= 15 is 0 Å². The van der Waals surface area contributed by atoms with Crippen molar-refractivity contribution in [3.05, 3.63) is 40.8 Å². The van der Waals surface area contributed by atoms with E-state index in [9.17, 15) is 4.39 Å². The zero-order valence-electron chi connectivity index (χ0n) is 7.01. The summed E-state index contributed by atoms with van der Waals surface area (Å²) in [4.78, 5) is 4.08. The summed E-state index contributed by atoms with van der Waals surface area (Å²) in [5.74, 6) is -0.264. The second-order valence-corrected chi connectivity index (χ2v) is 3.30. The Morgan fingerprint density at radius 1 is 1.38 bits per heavy atom. The molecule has 0 atom stereocenters. The molecule has 0 spiro atoms. The van der Waals surface area contributed by atoms with Gasteiger partial charge in [0.15, 0.2) is 0 Å². The fourth-order valence-corrected chi connectivity index (χ4v) is 1.42. The van der Waals surface area contributed by atoms with Crippen LogP contribution in [-0.2, 0) is 0 Å². The lowest BCUT2D eigenvalue weighted by Crippen LogP contribution is -1.85. The molecule has 1 heterocycles. The van der Waals surface area contributed by atoms with Crippen molar-refractivity contribution in [3.63, 3.8) is 0 Å². The quantitative estimate of drug-likeness (QED) is 0.628. The van der Waals surface area contributed by atoms with Gasteiger partial charge in [-0.2, -0.15) is 0 Å². The lowest BCUT2D eigenvalue weighted by Gasteiger charge is -2.02. The molecule has 3 heteroatoms. The van der Waals surface area contributed by atoms with Crippen molar-refractivity contribution in [2.24, 2.45) is 0 Å². The summed E-state index contributed by atoms with van der Waals surface area (Å²) in [5, 5.41) is 1.34. The van der Waals surface area contributed by atoms with E-state index in [1.54, 1.807) is 12.3 Å². The molecule has 1 aromatic carbocycles. The molecule has 0 aliphatic carbocycles. The van der Waals surface area contributed by atoms with Crippen molar-refractivity contribution in [2.45, 2.75) is 6.92 Å². The van der Waals surface area contributed by atoms with Crippen molar-refractivity contribution >= 4 is 22.5 Å². The minimum Gasteiger partial charge on any atom is -0.255 e. The summed E-state index contributed by atoms with van der Waals surface area (Å²) in [6.07, 6.45) is 1.58. The van der Waals surface area contributed by atoms with Gasteiger partial charge >= 0.3 is 0 Å². The topological polar surface area (TPSA) is 12.9 Å². The molecule has 1 aromatic heterocycles. The first kappa shape index (κ1) is 8.45. The Balaban J connectivity index is 2.89. The third-order valence-electron chi connectivity index (χ3n) is 2.04. The van der Waals surface area contributed by atoms with E-state index in [4.69, 9.17) is 11.6 Å². The molecular formula is C10H7ClFN. The van der Waals surface area contributed by atoms with Crippen LogP contribution >= 0.6 is 11.6 Å². The molecule has 0 saturated carbocycles. The Morgan fingerprint density at radius 2 is 2.15 bits per heavy atom. The van der Waals surface area contributed by atoms with Gasteiger partial charge in [-0.3, -0.25) is 4.98 Å². The van der Waals surface area contributed by atoms with Crippen LogP contribution in [-0.4, -0.2) is 4.98 Å². The van der Waals surface area contributed by atoms with E-state index in [2.05, 4.69) is 4.98 Å². The highest BCUT2D eigenvalue weighted by atomic mass is 35.5. The van der Waals surface area contributed by atoms with Crippen LogP contribution in [0, 0.1) is 12.7 Å². The minimum absolute atomic E-state index is 0.264. The monoisotopic (exact) mass is 195 g/mol. The molecule has 2 rings (SSSR count). The first-order valence-electron chi connectivity index (χ1n) is 3.89. The first-order chi connectivity index (χ1) is 6.18. The fourth-order valence-electron chi connectivity index (χ4n) is 1.27. The summed E-state index contributed by atoms with van der Waals surface area (Å²) in [7, 11) is 0. The van der Waals surface area contributed by atoms with Gasteiger partial charge in [0, 0.05) is 11.6 Å². The van der Waals surface area contributed by atoms with E-state index in [0.717, 1.165) is 16.5 Å². The van der Waals surface area contributed by atoms with Crippen molar-refractivity contribution in [1.82, 2.24) is 4.98 Å². The summed E-state index contributed by atoms with van der Waals surface area (Å²) < 4.78 is 12.9. The standard InChI is InChI=1S/C10H7ClFN/c1-6-8-4-7(12)2-3-10(8)13-5-9(6)11/h2-5H,1H3. The van der Waals surface area contributed by atoms with Crippen LogP contribution in [0.1, 0.15) is 5.56 Å². The zero-order chi connectivity index (χ0) is 9.42. The number of hydrogen-bond acceptors (Lipinski definition) is 1. The predicted octanol–water partition coefficient (Wildman–Crippen LogP) is 3.34. The highest BCUT2D eigenvalue weighted by Crippen LogP contribution is 2.23. The van der Waals surface area contributed by atoms with Crippen molar-refractivity contribution in [2.75, 3.05) is 0 Å². The van der Waals surface area contributed by atoms with Gasteiger partial charge in [-0.15, -0.1) is 0 Å². The number of aryl methyl sites for hydroxylation is 1. The number of halogens is 2. The maximum atomic E-state index is 12.9. The van der Waals surface area contributed by atoms with E-state index in [1.165, 1.54) is 12.1 Å². The summed E-state index contributed by atoms with van der Waals surface area (Å²) >= 11 is 5.86. The molecule has 2 aromatic rings. The Bertz CT molecular complexity index is 462. The van der Waals surface area contributed by atoms with Gasteiger partial charge in [-0.25, -0.2) is 4.39 Å². The maximum absolute atomic E-state index is 12.9. The molecular weight excluding hydrogens is 189 g/mol. The fraction of sp³-hybridized carbons (Fsp3) is 0.100. The van der Waals surface area contributed by atoms with Crippen LogP contribution < -0.4 is 0 Å². The molecule has 13 heavy (non-hydrogen) atoms. The Labute approximate surface area is 80.2 Å². The van der Waals surface area contributed by atoms with Gasteiger partial charge in [0.25, 0.3) is 0 Å². The van der Waals surface area contributed by atoms with E-state index in [-0.39, 0.29) is 5.82 Å². The summed E-state index contributed by atoms with van der Waals surface area (Å²) in [5.41, 5.74) is 1.63. The van der Waals surface area contributed by atoms with Gasteiger partial charge in [0.2, 0.25) is 0 Å². The van der Waals surface area contributed by atoms with Crippen LogP contribution in [0.4, 0.5) is 4.39 Å². The zero-order valence-corrected chi connectivity index (χ0v) is 7.77. The number of aromatic nitrogens is 1. The summed E-state index contributed by atoms with van der Waals surface area (Å²) in [6.45, 7) is 1.85. The first-order valence-corrected chi connectivity index (χ1v) is 4.26. The number of fused-ring (bicyclic) bond motifs is 1. The molecule has 0 bridgehead atoms. The molecule has 1 nitrogen and oxygen atoms in total. The normalized spacial score (nSPS) is 10.7. The third-order valence-corrected chi connectivity index (χ3v) is 2.42. The summed E-state index contributed by atoms with van der Waals surface area (Å²) in [6, 6.07) is 4.49. The largest absolute Gasteiger partial charge is 0.255 e. The smallest absolute Gasteiger partial charge is 0.123 e. The Kier molecular flexibility index (Phi) is 1.93.